The number of hydrogen-bond acceptors (Lipinski definition) is 4. The molecule has 2 heterocycles. The molecule has 0 aliphatic heterocycles. The Balaban J connectivity index is 1.77. The Labute approximate surface area is 133 Å². The van der Waals surface area contributed by atoms with Crippen molar-refractivity contribution in [2.45, 2.75) is 6.42 Å². The predicted molar refractivity (Wildman–Crippen MR) is 82.6 cm³/mol. The second-order valence-electron chi connectivity index (χ2n) is 4.75. The molecule has 0 saturated heterocycles. The van der Waals surface area contributed by atoms with Gasteiger partial charge in [0.1, 0.15) is 28.4 Å². The zero-order valence-corrected chi connectivity index (χ0v) is 13.2. The molecule has 2 aromatic heterocycles. The van der Waals surface area contributed by atoms with E-state index in [1.54, 1.807) is 11.7 Å². The van der Waals surface area contributed by atoms with Crippen LogP contribution in [0.25, 0.3) is 11.0 Å². The Morgan fingerprint density at radius 2 is 2.09 bits per heavy atom. The molecule has 1 aromatic carbocycles. The van der Waals surface area contributed by atoms with Crippen LogP contribution in [0.3, 0.4) is 0 Å². The molecule has 3 aromatic rings. The molecular formula is C14H12BrF2N5. The summed E-state index contributed by atoms with van der Waals surface area (Å²) in [5.74, 6) is -0.504. The maximum absolute atomic E-state index is 13.6. The average Bonchev–Trinajstić information content (AvgIpc) is 2.77. The fraction of sp³-hybridized carbons (Fsp3) is 0.214. The SMILES string of the molecule is Cn1nc(Br)c2c(NCCc3ccc(F)cc3F)ncnc21. The van der Waals surface area contributed by atoms with Crippen LogP contribution in [0.5, 0.6) is 0 Å². The van der Waals surface area contributed by atoms with Gasteiger partial charge in [-0.3, -0.25) is 0 Å². The fourth-order valence-electron chi connectivity index (χ4n) is 2.21. The van der Waals surface area contributed by atoms with Crippen LogP contribution in [-0.2, 0) is 13.5 Å². The van der Waals surface area contributed by atoms with Crippen molar-refractivity contribution in [3.8, 4) is 0 Å². The first-order valence-electron chi connectivity index (χ1n) is 6.57. The van der Waals surface area contributed by atoms with Gasteiger partial charge in [0, 0.05) is 19.7 Å². The van der Waals surface area contributed by atoms with Gasteiger partial charge >= 0.3 is 0 Å². The number of halogens is 3. The Bertz CT molecular complexity index is 833. The van der Waals surface area contributed by atoms with Gasteiger partial charge in [0.25, 0.3) is 0 Å². The molecule has 22 heavy (non-hydrogen) atoms. The van der Waals surface area contributed by atoms with Gasteiger partial charge < -0.3 is 5.32 Å². The summed E-state index contributed by atoms with van der Waals surface area (Å²) in [5, 5.41) is 8.14. The van der Waals surface area contributed by atoms with E-state index in [1.807, 2.05) is 0 Å². The lowest BCUT2D eigenvalue weighted by Crippen LogP contribution is -2.08. The lowest BCUT2D eigenvalue weighted by Gasteiger charge is -2.07. The normalized spacial score (nSPS) is 11.1. The molecule has 0 radical (unpaired) electrons. The van der Waals surface area contributed by atoms with Gasteiger partial charge in [-0.1, -0.05) is 6.07 Å². The second kappa shape index (κ2) is 5.96. The van der Waals surface area contributed by atoms with E-state index in [9.17, 15) is 8.78 Å². The van der Waals surface area contributed by atoms with Crippen LogP contribution in [0.2, 0.25) is 0 Å². The van der Waals surface area contributed by atoms with Crippen molar-refractivity contribution in [2.24, 2.45) is 7.05 Å². The summed E-state index contributed by atoms with van der Waals surface area (Å²) in [4.78, 5) is 8.36. The highest BCUT2D eigenvalue weighted by Gasteiger charge is 2.13. The monoisotopic (exact) mass is 367 g/mol. The second-order valence-corrected chi connectivity index (χ2v) is 5.50. The summed E-state index contributed by atoms with van der Waals surface area (Å²) >= 11 is 3.37. The summed E-state index contributed by atoms with van der Waals surface area (Å²) in [5.41, 5.74) is 1.14. The minimum atomic E-state index is -0.578. The van der Waals surface area contributed by atoms with Crippen molar-refractivity contribution in [3.63, 3.8) is 0 Å². The van der Waals surface area contributed by atoms with E-state index in [1.165, 1.54) is 18.5 Å². The van der Waals surface area contributed by atoms with Gasteiger partial charge in [0.15, 0.2) is 5.65 Å². The molecule has 0 fully saturated rings. The van der Waals surface area contributed by atoms with E-state index in [0.717, 1.165) is 11.5 Å². The molecular weight excluding hydrogens is 356 g/mol. The summed E-state index contributed by atoms with van der Waals surface area (Å²) in [6, 6.07) is 3.58. The third-order valence-corrected chi connectivity index (χ3v) is 3.83. The van der Waals surface area contributed by atoms with E-state index >= 15 is 0 Å². The Morgan fingerprint density at radius 3 is 2.86 bits per heavy atom. The summed E-state index contributed by atoms with van der Waals surface area (Å²) in [7, 11) is 1.79. The Kier molecular flexibility index (Phi) is 4.02. The lowest BCUT2D eigenvalue weighted by atomic mass is 10.1. The summed E-state index contributed by atoms with van der Waals surface area (Å²) in [6.45, 7) is 0.454. The Morgan fingerprint density at radius 1 is 1.27 bits per heavy atom. The molecule has 0 aliphatic carbocycles. The zero-order valence-electron chi connectivity index (χ0n) is 11.6. The molecule has 1 N–H and O–H groups in total. The van der Waals surface area contributed by atoms with Crippen molar-refractivity contribution in [1.82, 2.24) is 19.7 Å². The van der Waals surface area contributed by atoms with Crippen LogP contribution in [0.1, 0.15) is 5.56 Å². The molecule has 0 bridgehead atoms. The molecule has 0 aliphatic rings. The van der Waals surface area contributed by atoms with Crippen LogP contribution in [0, 0.1) is 11.6 Å². The zero-order chi connectivity index (χ0) is 15.7. The minimum Gasteiger partial charge on any atom is -0.369 e. The number of aromatic nitrogens is 4. The first-order chi connectivity index (χ1) is 10.6. The number of nitrogens with zero attached hydrogens (tertiary/aromatic N) is 4. The molecule has 8 heteroatoms. The first-order valence-corrected chi connectivity index (χ1v) is 7.36. The quantitative estimate of drug-likeness (QED) is 0.769. The van der Waals surface area contributed by atoms with E-state index in [0.29, 0.717) is 34.6 Å². The molecule has 0 spiro atoms. The molecule has 0 atom stereocenters. The number of anilines is 1. The third-order valence-electron chi connectivity index (χ3n) is 3.28. The van der Waals surface area contributed by atoms with E-state index in [2.05, 4.69) is 36.3 Å². The van der Waals surface area contributed by atoms with Crippen molar-refractivity contribution >= 4 is 32.8 Å². The van der Waals surface area contributed by atoms with Gasteiger partial charge in [-0.15, -0.1) is 0 Å². The highest BCUT2D eigenvalue weighted by atomic mass is 79.9. The van der Waals surface area contributed by atoms with Gasteiger partial charge in [0.2, 0.25) is 0 Å². The van der Waals surface area contributed by atoms with Gasteiger partial charge in [-0.05, 0) is 34.0 Å². The van der Waals surface area contributed by atoms with E-state index in [-0.39, 0.29) is 0 Å². The van der Waals surface area contributed by atoms with E-state index < -0.39 is 11.6 Å². The predicted octanol–water partition coefficient (Wildman–Crippen LogP) is 3.06. The summed E-state index contributed by atoms with van der Waals surface area (Å²) in [6.07, 6.45) is 1.85. The number of rotatable bonds is 4. The average molecular weight is 368 g/mol. The largest absolute Gasteiger partial charge is 0.369 e. The highest BCUT2D eigenvalue weighted by molar-refractivity contribution is 9.10. The first kappa shape index (κ1) is 14.8. The van der Waals surface area contributed by atoms with Crippen molar-refractivity contribution in [2.75, 3.05) is 11.9 Å². The molecule has 3 rings (SSSR count). The number of aryl methyl sites for hydroxylation is 1. The van der Waals surface area contributed by atoms with Crippen molar-refractivity contribution in [1.29, 1.82) is 0 Å². The van der Waals surface area contributed by atoms with E-state index in [4.69, 9.17) is 0 Å². The van der Waals surface area contributed by atoms with Crippen molar-refractivity contribution < 1.29 is 8.78 Å². The summed E-state index contributed by atoms with van der Waals surface area (Å²) < 4.78 is 28.7. The van der Waals surface area contributed by atoms with Crippen LogP contribution in [-0.4, -0.2) is 26.3 Å². The molecule has 0 amide bonds. The van der Waals surface area contributed by atoms with Gasteiger partial charge in [-0.25, -0.2) is 23.4 Å². The molecule has 114 valence electrons. The molecule has 0 saturated carbocycles. The number of benzene rings is 1. The fourth-order valence-corrected chi connectivity index (χ4v) is 2.82. The highest BCUT2D eigenvalue weighted by Crippen LogP contribution is 2.26. The molecule has 0 unspecified atom stereocenters. The van der Waals surface area contributed by atoms with Crippen molar-refractivity contribution in [3.05, 3.63) is 46.3 Å². The van der Waals surface area contributed by atoms with Gasteiger partial charge in [-0.2, -0.15) is 5.10 Å². The minimum absolute atomic E-state index is 0.412. The smallest absolute Gasteiger partial charge is 0.164 e. The maximum atomic E-state index is 13.6. The number of fused-ring (bicyclic) bond motifs is 1. The topological polar surface area (TPSA) is 55.6 Å². The lowest BCUT2D eigenvalue weighted by molar-refractivity contribution is 0.572. The standard InChI is InChI=1S/C14H12BrF2N5/c1-22-14-11(12(15)21-22)13(19-7-20-14)18-5-4-8-2-3-9(16)6-10(8)17/h2-3,6-7H,4-5H2,1H3,(H,18,19,20). The van der Waals surface area contributed by atoms with Crippen LogP contribution >= 0.6 is 15.9 Å². The Hall–Kier alpha value is -2.09. The van der Waals surface area contributed by atoms with Crippen LogP contribution in [0.4, 0.5) is 14.6 Å². The maximum Gasteiger partial charge on any atom is 0.164 e. The van der Waals surface area contributed by atoms with Crippen LogP contribution < -0.4 is 5.32 Å². The third kappa shape index (κ3) is 2.78. The van der Waals surface area contributed by atoms with Gasteiger partial charge in [0.05, 0.1) is 5.39 Å². The molecule has 5 nitrogen and oxygen atoms in total. The number of hydrogen-bond donors (Lipinski definition) is 1. The van der Waals surface area contributed by atoms with Crippen LogP contribution in [0.15, 0.2) is 29.1 Å². The number of nitrogens with one attached hydrogen (secondary N) is 1.